The number of hydrogen-bond donors (Lipinski definition) is 3. The average molecular weight is 337 g/mol. The molecule has 0 amide bonds. The summed E-state index contributed by atoms with van der Waals surface area (Å²) in [6.45, 7) is 2.11. The number of nitrogens with one attached hydrogen (secondary N) is 3. The number of nitrogens with zero attached hydrogens (tertiary/aromatic N) is 2. The second-order valence-electron chi connectivity index (χ2n) is 6.39. The molecule has 0 aliphatic carbocycles. The van der Waals surface area contributed by atoms with Crippen LogP contribution in [0.3, 0.4) is 0 Å². The predicted octanol–water partition coefficient (Wildman–Crippen LogP) is 2.79. The molecule has 0 radical (unpaired) electrons. The third-order valence-electron chi connectivity index (χ3n) is 4.69. The van der Waals surface area contributed by atoms with E-state index in [1.807, 2.05) is 47.6 Å². The summed E-state index contributed by atoms with van der Waals surface area (Å²) in [4.78, 5) is 0. The van der Waals surface area contributed by atoms with Crippen LogP contribution in [0.25, 0.3) is 0 Å². The Bertz CT molecular complexity index is 690. The molecular weight excluding hydrogens is 314 g/mol. The first-order chi connectivity index (χ1) is 12.4. The summed E-state index contributed by atoms with van der Waals surface area (Å²) in [5.41, 5.74) is 7.45. The largest absolute Gasteiger partial charge is 0.457 e. The van der Waals surface area contributed by atoms with Crippen LogP contribution in [-0.2, 0) is 0 Å². The van der Waals surface area contributed by atoms with Gasteiger partial charge in [-0.05, 0) is 61.7 Å². The SMILES string of the molecule is C1=NNN([C@@H](c2ccc(Oc3ccccc3)cc2)[C@H]2CCCNC2)N1. The fourth-order valence-corrected chi connectivity index (χ4v) is 3.49. The van der Waals surface area contributed by atoms with Crippen molar-refractivity contribution in [3.05, 3.63) is 60.2 Å². The molecule has 0 unspecified atom stereocenters. The van der Waals surface area contributed by atoms with Crippen molar-refractivity contribution in [3.63, 3.8) is 0 Å². The second-order valence-corrected chi connectivity index (χ2v) is 6.39. The Morgan fingerprint density at radius 3 is 2.52 bits per heavy atom. The Balaban J connectivity index is 1.52. The van der Waals surface area contributed by atoms with Gasteiger partial charge in [0.15, 0.2) is 0 Å². The van der Waals surface area contributed by atoms with Crippen molar-refractivity contribution in [2.45, 2.75) is 18.9 Å². The van der Waals surface area contributed by atoms with E-state index in [2.05, 4.69) is 33.5 Å². The first-order valence-corrected chi connectivity index (χ1v) is 8.76. The van der Waals surface area contributed by atoms with Gasteiger partial charge in [-0.15, -0.1) is 5.12 Å². The van der Waals surface area contributed by atoms with E-state index in [0.29, 0.717) is 5.92 Å². The predicted molar refractivity (Wildman–Crippen MR) is 97.9 cm³/mol. The van der Waals surface area contributed by atoms with Crippen LogP contribution in [0.15, 0.2) is 59.7 Å². The van der Waals surface area contributed by atoms with E-state index in [4.69, 9.17) is 4.74 Å². The lowest BCUT2D eigenvalue weighted by Gasteiger charge is -2.36. The summed E-state index contributed by atoms with van der Waals surface area (Å²) in [6.07, 6.45) is 4.07. The van der Waals surface area contributed by atoms with Gasteiger partial charge in [-0.2, -0.15) is 5.10 Å². The number of hydrazone groups is 1. The van der Waals surface area contributed by atoms with Crippen LogP contribution < -0.4 is 21.0 Å². The number of hydrazine groups is 2. The number of piperidine rings is 1. The number of para-hydroxylation sites is 1. The summed E-state index contributed by atoms with van der Waals surface area (Å²) >= 11 is 0. The molecule has 2 aromatic carbocycles. The Morgan fingerprint density at radius 1 is 1.04 bits per heavy atom. The summed E-state index contributed by atoms with van der Waals surface area (Å²) in [7, 11) is 0. The standard InChI is InChI=1S/C19H23N5O/c1-2-6-17(7-3-1)25-18-10-8-15(9-11-18)19(24-22-14-21-23-24)16-5-4-12-20-13-16/h1-3,6-11,14,16,19-20,23H,4-5,12-13H2,(H,21,22)/t16-,19-/m0/s1. The molecule has 0 bridgehead atoms. The van der Waals surface area contributed by atoms with E-state index in [1.165, 1.54) is 18.4 Å². The van der Waals surface area contributed by atoms with Gasteiger partial charge in [0.2, 0.25) is 0 Å². The van der Waals surface area contributed by atoms with Crippen molar-refractivity contribution in [2.75, 3.05) is 13.1 Å². The van der Waals surface area contributed by atoms with E-state index in [9.17, 15) is 0 Å². The molecule has 3 N–H and O–H groups in total. The van der Waals surface area contributed by atoms with Gasteiger partial charge in [0.1, 0.15) is 17.8 Å². The van der Waals surface area contributed by atoms with Gasteiger partial charge in [0, 0.05) is 0 Å². The Kier molecular flexibility index (Phi) is 4.81. The molecule has 6 heteroatoms. The molecule has 1 saturated heterocycles. The quantitative estimate of drug-likeness (QED) is 0.783. The van der Waals surface area contributed by atoms with E-state index in [-0.39, 0.29) is 6.04 Å². The maximum Gasteiger partial charge on any atom is 0.127 e. The van der Waals surface area contributed by atoms with Gasteiger partial charge in [-0.25, -0.2) is 5.53 Å². The van der Waals surface area contributed by atoms with Crippen LogP contribution in [0.5, 0.6) is 11.5 Å². The van der Waals surface area contributed by atoms with Crippen LogP contribution in [0.1, 0.15) is 24.4 Å². The molecule has 6 nitrogen and oxygen atoms in total. The highest BCUT2D eigenvalue weighted by Gasteiger charge is 2.31. The molecule has 2 aromatic rings. The van der Waals surface area contributed by atoms with Crippen LogP contribution in [0, 0.1) is 5.92 Å². The van der Waals surface area contributed by atoms with Gasteiger partial charge in [-0.1, -0.05) is 30.3 Å². The van der Waals surface area contributed by atoms with Crippen LogP contribution in [0.2, 0.25) is 0 Å². The number of rotatable bonds is 5. The zero-order valence-electron chi connectivity index (χ0n) is 14.1. The lowest BCUT2D eigenvalue weighted by Crippen LogP contribution is -2.48. The molecule has 2 aliphatic rings. The van der Waals surface area contributed by atoms with Crippen molar-refractivity contribution < 1.29 is 4.74 Å². The molecule has 2 heterocycles. The molecule has 4 rings (SSSR count). The summed E-state index contributed by atoms with van der Waals surface area (Å²) in [5, 5.41) is 9.56. The van der Waals surface area contributed by atoms with Crippen molar-refractivity contribution in [2.24, 2.45) is 11.0 Å². The molecule has 0 aromatic heterocycles. The number of ether oxygens (including phenoxy) is 1. The third kappa shape index (κ3) is 3.75. The van der Waals surface area contributed by atoms with Crippen molar-refractivity contribution in [3.8, 4) is 11.5 Å². The van der Waals surface area contributed by atoms with E-state index >= 15 is 0 Å². The fourth-order valence-electron chi connectivity index (χ4n) is 3.49. The maximum atomic E-state index is 5.90. The molecular formula is C19H23N5O. The van der Waals surface area contributed by atoms with E-state index in [1.54, 1.807) is 6.34 Å². The van der Waals surface area contributed by atoms with E-state index in [0.717, 1.165) is 24.6 Å². The number of benzene rings is 2. The highest BCUT2D eigenvalue weighted by molar-refractivity contribution is 5.54. The van der Waals surface area contributed by atoms with E-state index < -0.39 is 0 Å². The minimum Gasteiger partial charge on any atom is -0.457 e. The van der Waals surface area contributed by atoms with Gasteiger partial charge < -0.3 is 10.1 Å². The van der Waals surface area contributed by atoms with Crippen LogP contribution in [-0.4, -0.2) is 24.5 Å². The Morgan fingerprint density at radius 2 is 1.84 bits per heavy atom. The highest BCUT2D eigenvalue weighted by atomic mass is 16.5. The molecule has 2 aliphatic heterocycles. The first-order valence-electron chi connectivity index (χ1n) is 8.76. The normalized spacial score (nSPS) is 21.4. The molecule has 1 fully saturated rings. The van der Waals surface area contributed by atoms with Gasteiger partial charge in [0.25, 0.3) is 0 Å². The molecule has 130 valence electrons. The summed E-state index contributed by atoms with van der Waals surface area (Å²) in [5.74, 6) is 2.20. The maximum absolute atomic E-state index is 5.90. The summed E-state index contributed by atoms with van der Waals surface area (Å²) in [6, 6.07) is 18.4. The Hall–Kier alpha value is -2.57. The van der Waals surface area contributed by atoms with Crippen molar-refractivity contribution >= 4 is 6.34 Å². The summed E-state index contributed by atoms with van der Waals surface area (Å²) < 4.78 is 5.90. The van der Waals surface area contributed by atoms with Crippen molar-refractivity contribution in [1.29, 1.82) is 0 Å². The zero-order valence-corrected chi connectivity index (χ0v) is 14.1. The lowest BCUT2D eigenvalue weighted by atomic mass is 9.87. The monoisotopic (exact) mass is 337 g/mol. The fraction of sp³-hybridized carbons (Fsp3) is 0.316. The second kappa shape index (κ2) is 7.55. The minimum absolute atomic E-state index is 0.195. The molecule has 0 saturated carbocycles. The topological polar surface area (TPSA) is 60.9 Å². The molecule has 0 spiro atoms. The lowest BCUT2D eigenvalue weighted by molar-refractivity contribution is 0.0599. The van der Waals surface area contributed by atoms with Gasteiger partial charge >= 0.3 is 0 Å². The van der Waals surface area contributed by atoms with Crippen molar-refractivity contribution in [1.82, 2.24) is 21.4 Å². The molecule has 2 atom stereocenters. The van der Waals surface area contributed by atoms with Gasteiger partial charge in [-0.3, -0.25) is 5.43 Å². The highest BCUT2D eigenvalue weighted by Crippen LogP contribution is 2.33. The minimum atomic E-state index is 0.195. The average Bonchev–Trinajstić information content (AvgIpc) is 3.19. The first kappa shape index (κ1) is 15.9. The Labute approximate surface area is 147 Å². The van der Waals surface area contributed by atoms with Crippen LogP contribution in [0.4, 0.5) is 0 Å². The van der Waals surface area contributed by atoms with Crippen LogP contribution >= 0.6 is 0 Å². The third-order valence-corrected chi connectivity index (χ3v) is 4.69. The zero-order chi connectivity index (χ0) is 16.9. The molecule has 25 heavy (non-hydrogen) atoms. The smallest absolute Gasteiger partial charge is 0.127 e. The number of hydrogen-bond acceptors (Lipinski definition) is 6. The van der Waals surface area contributed by atoms with Gasteiger partial charge in [0.05, 0.1) is 6.04 Å².